The third-order valence-corrected chi connectivity index (χ3v) is 2.23. The highest BCUT2D eigenvalue weighted by Gasteiger charge is 2.02. The smallest absolute Gasteiger partial charge is 0.226 e. The number of halogens is 1. The minimum Gasteiger partial charge on any atom is -0.278 e. The van der Waals surface area contributed by atoms with Crippen LogP contribution in [0.15, 0.2) is 59.8 Å². The largest absolute Gasteiger partial charge is 0.278 e. The fraction of sp³-hybridized carbons (Fsp3) is 0.0769. The van der Waals surface area contributed by atoms with Gasteiger partial charge in [-0.05, 0) is 25.1 Å². The van der Waals surface area contributed by atoms with Crippen LogP contribution in [0.4, 0.5) is 5.69 Å². The third kappa shape index (κ3) is 8.69. The van der Waals surface area contributed by atoms with Gasteiger partial charge in [-0.1, -0.05) is 18.2 Å². The van der Waals surface area contributed by atoms with Crippen molar-refractivity contribution >= 4 is 11.4 Å². The Balaban J connectivity index is 0.000000383. The minimum absolute atomic E-state index is 0.921. The van der Waals surface area contributed by atoms with Crippen molar-refractivity contribution in [3.63, 3.8) is 0 Å². The van der Waals surface area contributed by atoms with Gasteiger partial charge in [0.1, 0.15) is 5.71 Å². The van der Waals surface area contributed by atoms with E-state index < -0.39 is 10.2 Å². The highest BCUT2D eigenvalue weighted by Crippen LogP contribution is 2.05. The number of rotatable bonds is 3. The monoisotopic (exact) mass is 311 g/mol. The number of aromatic nitrogens is 1. The Morgan fingerprint density at radius 3 is 2.10 bits per heavy atom. The molecule has 1 aromatic carbocycles. The van der Waals surface area contributed by atoms with Gasteiger partial charge >= 0.3 is 0 Å². The van der Waals surface area contributed by atoms with E-state index in [9.17, 15) is 0 Å². The van der Waals surface area contributed by atoms with Crippen molar-refractivity contribution in [1.29, 1.82) is 0 Å². The van der Waals surface area contributed by atoms with Crippen LogP contribution in [0.25, 0.3) is 0 Å². The lowest BCUT2D eigenvalue weighted by molar-refractivity contribution is -2.00. The van der Waals surface area contributed by atoms with E-state index in [1.165, 1.54) is 0 Å². The molecule has 2 aromatic rings. The molecular weight excluding hydrogens is 298 g/mol. The zero-order chi connectivity index (χ0) is 15.7. The second kappa shape index (κ2) is 8.30. The van der Waals surface area contributed by atoms with E-state index >= 15 is 0 Å². The minimum atomic E-state index is -4.94. The highest BCUT2D eigenvalue weighted by atomic mass is 35.7. The van der Waals surface area contributed by atoms with Crippen LogP contribution in [0.1, 0.15) is 12.6 Å². The van der Waals surface area contributed by atoms with Gasteiger partial charge in [-0.2, -0.15) is 5.10 Å². The first-order chi connectivity index (χ1) is 9.86. The number of nitrogens with zero attached hydrogens (tertiary/aromatic N) is 1. The molecule has 0 unspecified atom stereocenters. The molecule has 0 atom stereocenters. The van der Waals surface area contributed by atoms with Gasteiger partial charge in [0.05, 0.1) is 5.69 Å². The lowest BCUT2D eigenvalue weighted by Gasteiger charge is -2.17. The Morgan fingerprint density at radius 2 is 1.57 bits per heavy atom. The fourth-order valence-corrected chi connectivity index (χ4v) is 1.34. The number of pyridine rings is 1. The molecule has 0 bridgehead atoms. The second-order valence-corrected chi connectivity index (χ2v) is 4.59. The standard InChI is InChI=1S/C13H13N3.ClHO4/c1-11(13-9-5-6-10-14-13)15-16-12-7-3-2-4-8-12;2-1(3,4)5/h2-10,16H,1H3;(H,2,3,4,5). The quantitative estimate of drug-likeness (QED) is 0.498. The van der Waals surface area contributed by atoms with Gasteiger partial charge in [0, 0.05) is 12.1 Å². The van der Waals surface area contributed by atoms with Crippen LogP contribution in [0, 0.1) is 10.2 Å². The second-order valence-electron chi connectivity index (χ2n) is 3.83. The summed E-state index contributed by atoms with van der Waals surface area (Å²) in [6.07, 6.45) is 1.89. The Morgan fingerprint density at radius 1 is 1.00 bits per heavy atom. The first-order valence-electron chi connectivity index (χ1n) is 5.80. The van der Waals surface area contributed by atoms with Gasteiger partial charge in [0.25, 0.3) is 0 Å². The number of hydrogen-bond donors (Lipinski definition) is 1. The Labute approximate surface area is 123 Å². The van der Waals surface area contributed by atoms with Gasteiger partial charge < -0.3 is 0 Å². The number of para-hydroxylation sites is 1. The van der Waals surface area contributed by atoms with Crippen LogP contribution >= 0.6 is 0 Å². The Kier molecular flexibility index (Phi) is 6.73. The van der Waals surface area contributed by atoms with E-state index in [0.717, 1.165) is 17.1 Å². The summed E-state index contributed by atoms with van der Waals surface area (Å²) in [5.41, 5.74) is 5.92. The van der Waals surface area contributed by atoms with E-state index in [1.54, 1.807) is 0 Å². The highest BCUT2D eigenvalue weighted by molar-refractivity contribution is 5.95. The summed E-state index contributed by atoms with van der Waals surface area (Å²) in [4.78, 5) is 3.13. The summed E-state index contributed by atoms with van der Waals surface area (Å²) in [5, 5.41) is 4.30. The molecule has 2 rings (SSSR count). The number of nitrogens with one attached hydrogen (secondary N) is 2. The number of benzene rings is 1. The molecule has 0 aliphatic rings. The van der Waals surface area contributed by atoms with Crippen LogP contribution in [-0.2, 0) is 0 Å². The number of hydrogen-bond acceptors (Lipinski definition) is 6. The molecule has 21 heavy (non-hydrogen) atoms. The average molecular weight is 312 g/mol. The Bertz CT molecular complexity index is 553. The summed E-state index contributed by atoms with van der Waals surface area (Å²) in [7, 11) is -4.94. The van der Waals surface area contributed by atoms with E-state index in [2.05, 4.69) is 15.5 Å². The molecule has 0 aliphatic heterocycles. The molecule has 0 fully saturated rings. The van der Waals surface area contributed by atoms with Crippen LogP contribution < -0.4 is 29.0 Å². The Hall–Kier alpha value is -2.03. The molecule has 0 saturated heterocycles. The number of aromatic amines is 1. The molecule has 0 radical (unpaired) electrons. The van der Waals surface area contributed by atoms with Crippen molar-refractivity contribution in [2.24, 2.45) is 5.10 Å². The topological polar surface area (TPSA) is 131 Å². The summed E-state index contributed by atoms with van der Waals surface area (Å²) >= 11 is 0. The van der Waals surface area contributed by atoms with Gasteiger partial charge in [0.15, 0.2) is 6.20 Å². The van der Waals surface area contributed by atoms with Gasteiger partial charge in [0.2, 0.25) is 5.69 Å². The van der Waals surface area contributed by atoms with Gasteiger partial charge in [-0.3, -0.25) is 5.43 Å². The molecular formula is C13H14ClN3O4. The molecule has 8 heteroatoms. The van der Waals surface area contributed by atoms with Crippen molar-refractivity contribution in [2.45, 2.75) is 6.92 Å². The zero-order valence-electron chi connectivity index (χ0n) is 11.2. The molecule has 1 aromatic heterocycles. The predicted molar refractivity (Wildman–Crippen MR) is 65.3 cm³/mol. The van der Waals surface area contributed by atoms with E-state index in [4.69, 9.17) is 18.6 Å². The van der Waals surface area contributed by atoms with Crippen LogP contribution in [0.5, 0.6) is 0 Å². The van der Waals surface area contributed by atoms with Gasteiger partial charge in [-0.25, -0.2) is 23.6 Å². The molecule has 0 saturated carbocycles. The average Bonchev–Trinajstić information content (AvgIpc) is 2.45. The summed E-state index contributed by atoms with van der Waals surface area (Å²) < 4.78 is 34.0. The first-order valence-corrected chi connectivity index (χ1v) is 7.04. The maximum Gasteiger partial charge on any atom is 0.226 e. The number of H-pyrrole nitrogens is 1. The van der Waals surface area contributed by atoms with Gasteiger partial charge in [-0.15, -0.1) is 10.2 Å². The van der Waals surface area contributed by atoms with Crippen LogP contribution in [-0.4, -0.2) is 5.71 Å². The van der Waals surface area contributed by atoms with E-state index in [-0.39, 0.29) is 0 Å². The van der Waals surface area contributed by atoms with Crippen molar-refractivity contribution in [1.82, 2.24) is 0 Å². The van der Waals surface area contributed by atoms with Crippen molar-refractivity contribution in [3.05, 3.63) is 60.4 Å². The van der Waals surface area contributed by atoms with E-state index in [1.807, 2.05) is 61.7 Å². The molecule has 2 N–H and O–H groups in total. The lowest BCUT2D eigenvalue weighted by atomic mass is 10.3. The normalized spacial score (nSPS) is 11.4. The summed E-state index contributed by atoms with van der Waals surface area (Å²) in [6, 6.07) is 15.8. The maximum absolute atomic E-state index is 8.49. The molecule has 7 nitrogen and oxygen atoms in total. The molecule has 0 amide bonds. The predicted octanol–water partition coefficient (Wildman–Crippen LogP) is -2.42. The van der Waals surface area contributed by atoms with Crippen molar-refractivity contribution in [2.75, 3.05) is 5.43 Å². The maximum atomic E-state index is 8.49. The molecule has 1 heterocycles. The van der Waals surface area contributed by atoms with Crippen LogP contribution in [0.3, 0.4) is 0 Å². The summed E-state index contributed by atoms with van der Waals surface area (Å²) in [5.74, 6) is 0. The fourth-order valence-electron chi connectivity index (χ4n) is 1.34. The van der Waals surface area contributed by atoms with Crippen molar-refractivity contribution < 1.29 is 33.9 Å². The number of hydrazone groups is 1. The lowest BCUT2D eigenvalue weighted by Crippen LogP contribution is -2.68. The SMILES string of the molecule is CC(=NNc1ccccc1)c1cccc[nH+]1.[O-][Cl+3]([O-])([O-])[O-]. The molecule has 0 aliphatic carbocycles. The molecule has 0 spiro atoms. The summed E-state index contributed by atoms with van der Waals surface area (Å²) in [6.45, 7) is 1.96. The molecule has 112 valence electrons. The first kappa shape index (κ1) is 17.0. The van der Waals surface area contributed by atoms with Crippen molar-refractivity contribution in [3.8, 4) is 0 Å². The third-order valence-electron chi connectivity index (χ3n) is 2.23. The van der Waals surface area contributed by atoms with E-state index in [0.29, 0.717) is 0 Å². The van der Waals surface area contributed by atoms with Crippen LogP contribution in [0.2, 0.25) is 0 Å². The number of anilines is 1. The zero-order valence-corrected chi connectivity index (χ0v) is 11.9.